The van der Waals surface area contributed by atoms with Crippen LogP contribution in [-0.2, 0) is 32.7 Å². The molecular formula is C21H18ClF3O7S. The van der Waals surface area contributed by atoms with Crippen LogP contribution in [0.15, 0.2) is 46.9 Å². The first kappa shape index (κ1) is 24.7. The summed E-state index contributed by atoms with van der Waals surface area (Å²) in [5.74, 6) is -0.741. The molecule has 12 heteroatoms. The largest absolute Gasteiger partial charge is 0.534 e. The van der Waals surface area contributed by atoms with Gasteiger partial charge in [-0.15, -0.1) is 0 Å². The van der Waals surface area contributed by atoms with E-state index < -0.39 is 27.3 Å². The molecule has 178 valence electrons. The summed E-state index contributed by atoms with van der Waals surface area (Å²) in [4.78, 5) is 12.0. The summed E-state index contributed by atoms with van der Waals surface area (Å²) < 4.78 is 81.8. The van der Waals surface area contributed by atoms with Crippen molar-refractivity contribution in [3.05, 3.63) is 58.8 Å². The number of esters is 1. The van der Waals surface area contributed by atoms with Crippen LogP contribution in [0.4, 0.5) is 13.2 Å². The molecule has 0 aliphatic rings. The van der Waals surface area contributed by atoms with Crippen LogP contribution in [0.25, 0.3) is 11.0 Å². The minimum absolute atomic E-state index is 0.00210. The van der Waals surface area contributed by atoms with E-state index in [1.807, 2.05) is 0 Å². The molecule has 0 N–H and O–H groups in total. The predicted octanol–water partition coefficient (Wildman–Crippen LogP) is 5.39. The number of benzene rings is 2. The number of rotatable bonds is 8. The molecule has 2 aromatic carbocycles. The van der Waals surface area contributed by atoms with Crippen molar-refractivity contribution in [3.63, 3.8) is 0 Å². The maximum absolute atomic E-state index is 12.8. The molecule has 0 amide bonds. The van der Waals surface area contributed by atoms with Crippen LogP contribution < -0.4 is 8.92 Å². The number of halogens is 4. The van der Waals surface area contributed by atoms with Crippen molar-refractivity contribution in [1.29, 1.82) is 0 Å². The summed E-state index contributed by atoms with van der Waals surface area (Å²) in [6.07, 6.45) is -0.344. The van der Waals surface area contributed by atoms with E-state index >= 15 is 0 Å². The fourth-order valence-electron chi connectivity index (χ4n) is 2.86. The van der Waals surface area contributed by atoms with Crippen molar-refractivity contribution >= 4 is 38.7 Å². The molecule has 0 aliphatic carbocycles. The molecule has 0 saturated carbocycles. The number of ether oxygens (including phenoxy) is 2. The Bertz CT molecular complexity index is 1270. The summed E-state index contributed by atoms with van der Waals surface area (Å²) in [6.45, 7) is 3.24. The second-order valence-corrected chi connectivity index (χ2v) is 9.06. The molecule has 33 heavy (non-hydrogen) atoms. The second-order valence-electron chi connectivity index (χ2n) is 7.15. The van der Waals surface area contributed by atoms with Gasteiger partial charge in [-0.1, -0.05) is 18.2 Å². The lowest BCUT2D eigenvalue weighted by molar-refractivity contribution is -0.146. The summed E-state index contributed by atoms with van der Waals surface area (Å²) in [5.41, 5.74) is -4.85. The van der Waals surface area contributed by atoms with Gasteiger partial charge >= 0.3 is 21.6 Å². The highest BCUT2D eigenvalue weighted by Gasteiger charge is 2.48. The molecule has 0 aliphatic heterocycles. The monoisotopic (exact) mass is 506 g/mol. The van der Waals surface area contributed by atoms with Crippen molar-refractivity contribution in [2.24, 2.45) is 0 Å². The Hall–Kier alpha value is -2.92. The van der Waals surface area contributed by atoms with Crippen molar-refractivity contribution in [3.8, 4) is 11.5 Å². The zero-order valence-corrected chi connectivity index (χ0v) is 18.9. The van der Waals surface area contributed by atoms with Gasteiger partial charge in [0.05, 0.1) is 17.9 Å². The van der Waals surface area contributed by atoms with Crippen LogP contribution in [0.3, 0.4) is 0 Å². The van der Waals surface area contributed by atoms with Crippen molar-refractivity contribution in [2.75, 3.05) is 0 Å². The summed E-state index contributed by atoms with van der Waals surface area (Å²) in [7, 11) is -5.92. The van der Waals surface area contributed by atoms with E-state index in [1.165, 1.54) is 6.07 Å². The van der Waals surface area contributed by atoms with Crippen LogP contribution in [0.2, 0.25) is 5.22 Å². The highest BCUT2D eigenvalue weighted by Crippen LogP contribution is 2.36. The van der Waals surface area contributed by atoms with Gasteiger partial charge in [-0.05, 0) is 49.2 Å². The summed E-state index contributed by atoms with van der Waals surface area (Å²) in [5, 5.41) is -0.236. The molecule has 0 radical (unpaired) electrons. The number of hydrogen-bond acceptors (Lipinski definition) is 7. The van der Waals surface area contributed by atoms with E-state index in [9.17, 15) is 26.4 Å². The lowest BCUT2D eigenvalue weighted by Crippen LogP contribution is -2.28. The number of carbonyl (C=O) groups is 1. The number of para-hydroxylation sites is 1. The van der Waals surface area contributed by atoms with Gasteiger partial charge in [-0.3, -0.25) is 4.79 Å². The first-order chi connectivity index (χ1) is 15.4. The zero-order chi connectivity index (χ0) is 24.4. The zero-order valence-electron chi connectivity index (χ0n) is 17.3. The molecule has 0 unspecified atom stereocenters. The number of hydrogen-bond donors (Lipinski definition) is 0. The minimum atomic E-state index is -5.92. The molecule has 3 aromatic rings. The van der Waals surface area contributed by atoms with Gasteiger partial charge in [-0.2, -0.15) is 21.6 Å². The van der Waals surface area contributed by atoms with Crippen LogP contribution in [0.1, 0.15) is 25.0 Å². The normalized spacial score (nSPS) is 12.2. The second kappa shape index (κ2) is 9.52. The van der Waals surface area contributed by atoms with E-state index in [0.717, 1.165) is 12.1 Å². The van der Waals surface area contributed by atoms with Gasteiger partial charge in [0.15, 0.2) is 11.0 Å². The van der Waals surface area contributed by atoms with E-state index in [1.54, 1.807) is 38.1 Å². The third kappa shape index (κ3) is 6.11. The van der Waals surface area contributed by atoms with Crippen molar-refractivity contribution in [2.45, 2.75) is 38.5 Å². The Morgan fingerprint density at radius 1 is 1.12 bits per heavy atom. The molecule has 7 nitrogen and oxygen atoms in total. The number of alkyl halides is 3. The number of furan rings is 1. The van der Waals surface area contributed by atoms with Gasteiger partial charge in [0, 0.05) is 11.6 Å². The molecule has 1 heterocycles. The van der Waals surface area contributed by atoms with Gasteiger partial charge < -0.3 is 18.1 Å². The van der Waals surface area contributed by atoms with Gasteiger partial charge in [0.2, 0.25) is 0 Å². The van der Waals surface area contributed by atoms with E-state index in [0.29, 0.717) is 11.3 Å². The van der Waals surface area contributed by atoms with Crippen LogP contribution in [0.5, 0.6) is 11.5 Å². The average Bonchev–Trinajstić information content (AvgIpc) is 3.06. The van der Waals surface area contributed by atoms with Gasteiger partial charge in [0.25, 0.3) is 0 Å². The molecule has 1 aromatic heterocycles. The Labute approximate surface area is 192 Å². The maximum Gasteiger partial charge on any atom is 0.534 e. The first-order valence-corrected chi connectivity index (χ1v) is 11.3. The number of carbonyl (C=O) groups excluding carboxylic acids is 1. The Morgan fingerprint density at radius 2 is 1.82 bits per heavy atom. The summed E-state index contributed by atoms with van der Waals surface area (Å²) >= 11 is 5.78. The SMILES string of the molecule is CC(C)OC(=O)Cc1ccccc1OCc1cc(OS(=O)(=O)C(F)(F)F)c2cc(Cl)oc2c1. The Morgan fingerprint density at radius 3 is 2.48 bits per heavy atom. The molecule has 0 atom stereocenters. The highest BCUT2D eigenvalue weighted by atomic mass is 35.5. The Kier molecular flexibility index (Phi) is 7.13. The maximum atomic E-state index is 12.8. The first-order valence-electron chi connectivity index (χ1n) is 9.48. The fraction of sp³-hybridized carbons (Fsp3) is 0.286. The highest BCUT2D eigenvalue weighted by molar-refractivity contribution is 7.88. The van der Waals surface area contributed by atoms with E-state index in [-0.39, 0.29) is 40.9 Å². The lowest BCUT2D eigenvalue weighted by atomic mass is 10.1. The van der Waals surface area contributed by atoms with Gasteiger partial charge in [0.1, 0.15) is 17.9 Å². The minimum Gasteiger partial charge on any atom is -0.489 e. The van der Waals surface area contributed by atoms with Crippen LogP contribution in [-0.4, -0.2) is 26.0 Å². The third-order valence-electron chi connectivity index (χ3n) is 4.18. The fourth-order valence-corrected chi connectivity index (χ4v) is 3.52. The molecule has 0 saturated heterocycles. The smallest absolute Gasteiger partial charge is 0.489 e. The van der Waals surface area contributed by atoms with Crippen LogP contribution >= 0.6 is 11.6 Å². The van der Waals surface area contributed by atoms with Crippen molar-refractivity contribution in [1.82, 2.24) is 0 Å². The topological polar surface area (TPSA) is 92.0 Å². The van der Waals surface area contributed by atoms with Gasteiger partial charge in [-0.25, -0.2) is 0 Å². The molecule has 0 fully saturated rings. The molecular weight excluding hydrogens is 489 g/mol. The van der Waals surface area contributed by atoms with Crippen molar-refractivity contribution < 1.29 is 44.5 Å². The number of fused-ring (bicyclic) bond motifs is 1. The molecule has 3 rings (SSSR count). The average molecular weight is 507 g/mol. The third-order valence-corrected chi connectivity index (χ3v) is 5.33. The Balaban J connectivity index is 1.87. The standard InChI is InChI=1S/C21H18ClF3O7S/c1-12(2)30-20(26)9-14-5-3-4-6-16(14)29-11-13-7-17-15(10-19(22)31-17)18(8-13)32-33(27,28)21(23,24)25/h3-8,10,12H,9,11H2,1-2H3. The quantitative estimate of drug-likeness (QED) is 0.230. The van der Waals surface area contributed by atoms with E-state index in [2.05, 4.69) is 4.18 Å². The molecule has 0 spiro atoms. The summed E-state index contributed by atoms with van der Waals surface area (Å²) in [6, 6.07) is 10.3. The van der Waals surface area contributed by atoms with Crippen LogP contribution in [0, 0.1) is 0 Å². The van der Waals surface area contributed by atoms with E-state index in [4.69, 9.17) is 25.5 Å². The molecule has 0 bridgehead atoms. The predicted molar refractivity (Wildman–Crippen MR) is 113 cm³/mol. The lowest BCUT2D eigenvalue weighted by Gasteiger charge is -2.14.